The van der Waals surface area contributed by atoms with Crippen LogP contribution in [0.1, 0.15) is 43.0 Å². The van der Waals surface area contributed by atoms with E-state index in [0.717, 1.165) is 23.7 Å². The van der Waals surface area contributed by atoms with E-state index in [1.807, 2.05) is 31.3 Å². The molecule has 30 heavy (non-hydrogen) atoms. The number of carbonyl (C=O) groups excluding carboxylic acids is 2. The van der Waals surface area contributed by atoms with Gasteiger partial charge < -0.3 is 15.2 Å². The lowest BCUT2D eigenvalue weighted by Gasteiger charge is -2.25. The fourth-order valence-corrected chi connectivity index (χ4v) is 4.11. The Morgan fingerprint density at radius 2 is 2.10 bits per heavy atom. The molecule has 1 aliphatic rings. The summed E-state index contributed by atoms with van der Waals surface area (Å²) >= 11 is 0. The normalized spacial score (nSPS) is 18.5. The SMILES string of the molecule is CCC(=O)NC1CCC(N(C)C(=O)c2cnc(-c3ccc4[nH]ccc4c3)c(F)c2)C1. The number of benzene rings is 1. The zero-order valence-electron chi connectivity index (χ0n) is 17.1. The molecule has 2 atom stereocenters. The van der Waals surface area contributed by atoms with Crippen molar-refractivity contribution in [2.45, 2.75) is 44.7 Å². The Kier molecular flexibility index (Phi) is 5.53. The van der Waals surface area contributed by atoms with E-state index in [0.29, 0.717) is 18.4 Å². The molecule has 1 fully saturated rings. The largest absolute Gasteiger partial charge is 0.361 e. The van der Waals surface area contributed by atoms with Crippen LogP contribution >= 0.6 is 0 Å². The van der Waals surface area contributed by atoms with Gasteiger partial charge in [-0.3, -0.25) is 14.6 Å². The number of hydrogen-bond donors (Lipinski definition) is 2. The molecule has 1 saturated carbocycles. The number of rotatable bonds is 5. The van der Waals surface area contributed by atoms with Crippen LogP contribution in [0.4, 0.5) is 4.39 Å². The van der Waals surface area contributed by atoms with Crippen LogP contribution in [0.15, 0.2) is 42.7 Å². The average Bonchev–Trinajstić information content (AvgIpc) is 3.41. The molecule has 1 aliphatic carbocycles. The van der Waals surface area contributed by atoms with E-state index in [-0.39, 0.29) is 35.2 Å². The molecule has 3 aromatic rings. The number of hydrogen-bond acceptors (Lipinski definition) is 3. The Hall–Kier alpha value is -3.22. The van der Waals surface area contributed by atoms with E-state index in [1.165, 1.54) is 12.3 Å². The van der Waals surface area contributed by atoms with Crippen molar-refractivity contribution >= 4 is 22.7 Å². The van der Waals surface area contributed by atoms with Crippen molar-refractivity contribution in [1.29, 1.82) is 0 Å². The number of H-pyrrole nitrogens is 1. The Morgan fingerprint density at radius 1 is 1.27 bits per heavy atom. The topological polar surface area (TPSA) is 78.1 Å². The molecule has 6 nitrogen and oxygen atoms in total. The molecule has 7 heteroatoms. The van der Waals surface area contributed by atoms with E-state index < -0.39 is 5.82 Å². The summed E-state index contributed by atoms with van der Waals surface area (Å²) in [6.45, 7) is 1.82. The highest BCUT2D eigenvalue weighted by Crippen LogP contribution is 2.27. The molecule has 156 valence electrons. The van der Waals surface area contributed by atoms with Crippen LogP contribution in [0.5, 0.6) is 0 Å². The van der Waals surface area contributed by atoms with Crippen LogP contribution in [0.25, 0.3) is 22.2 Å². The molecule has 0 bridgehead atoms. The van der Waals surface area contributed by atoms with E-state index in [1.54, 1.807) is 18.0 Å². The summed E-state index contributed by atoms with van der Waals surface area (Å²) < 4.78 is 14.8. The highest BCUT2D eigenvalue weighted by Gasteiger charge is 2.31. The van der Waals surface area contributed by atoms with Gasteiger partial charge >= 0.3 is 0 Å². The number of nitrogens with zero attached hydrogens (tertiary/aromatic N) is 2. The zero-order valence-corrected chi connectivity index (χ0v) is 17.1. The fraction of sp³-hybridized carbons (Fsp3) is 0.348. The van der Waals surface area contributed by atoms with Crippen molar-refractivity contribution in [3.8, 4) is 11.3 Å². The van der Waals surface area contributed by atoms with Crippen molar-refractivity contribution in [3.63, 3.8) is 0 Å². The second kappa shape index (κ2) is 8.26. The molecule has 2 unspecified atom stereocenters. The van der Waals surface area contributed by atoms with Gasteiger partial charge in [0.1, 0.15) is 11.5 Å². The second-order valence-electron chi connectivity index (χ2n) is 7.84. The van der Waals surface area contributed by atoms with Gasteiger partial charge in [0.05, 0.1) is 5.56 Å². The summed E-state index contributed by atoms with van der Waals surface area (Å²) in [5.74, 6) is -0.764. The summed E-state index contributed by atoms with van der Waals surface area (Å²) in [6.07, 6.45) is 6.06. The van der Waals surface area contributed by atoms with Crippen molar-refractivity contribution in [1.82, 2.24) is 20.2 Å². The van der Waals surface area contributed by atoms with Crippen molar-refractivity contribution < 1.29 is 14.0 Å². The maximum Gasteiger partial charge on any atom is 0.255 e. The van der Waals surface area contributed by atoms with Gasteiger partial charge in [0, 0.05) is 54.4 Å². The molecular formula is C23H25FN4O2. The average molecular weight is 408 g/mol. The highest BCUT2D eigenvalue weighted by atomic mass is 19.1. The number of amides is 2. The Morgan fingerprint density at radius 3 is 2.87 bits per heavy atom. The van der Waals surface area contributed by atoms with E-state index in [4.69, 9.17) is 0 Å². The van der Waals surface area contributed by atoms with E-state index in [2.05, 4.69) is 15.3 Å². The van der Waals surface area contributed by atoms with Crippen molar-refractivity contribution in [2.75, 3.05) is 7.05 Å². The minimum Gasteiger partial charge on any atom is -0.361 e. The molecule has 2 N–H and O–H groups in total. The van der Waals surface area contributed by atoms with Gasteiger partial charge in [-0.1, -0.05) is 13.0 Å². The summed E-state index contributed by atoms with van der Waals surface area (Å²) in [4.78, 5) is 33.5. The van der Waals surface area contributed by atoms with Crippen LogP contribution in [0, 0.1) is 5.82 Å². The van der Waals surface area contributed by atoms with Gasteiger partial charge in [-0.05, 0) is 43.5 Å². The Balaban J connectivity index is 1.48. The van der Waals surface area contributed by atoms with Crippen LogP contribution in [0.2, 0.25) is 0 Å². The van der Waals surface area contributed by atoms with E-state index >= 15 is 0 Å². The molecule has 0 aliphatic heterocycles. The molecule has 0 saturated heterocycles. The summed E-state index contributed by atoms with van der Waals surface area (Å²) in [5, 5.41) is 3.96. The number of aromatic nitrogens is 2. The standard InChI is InChI=1S/C23H25FN4O2/c1-3-21(29)27-17-5-6-18(12-17)28(2)23(30)16-11-19(24)22(26-13-16)15-4-7-20-14(10-15)8-9-25-20/h4,7-11,13,17-18,25H,3,5-6,12H2,1-2H3,(H,27,29). The number of fused-ring (bicyclic) bond motifs is 1. The lowest BCUT2D eigenvalue weighted by atomic mass is 10.1. The predicted octanol–water partition coefficient (Wildman–Crippen LogP) is 3.89. The molecule has 0 radical (unpaired) electrons. The van der Waals surface area contributed by atoms with Crippen molar-refractivity contribution in [2.24, 2.45) is 0 Å². The quantitative estimate of drug-likeness (QED) is 0.672. The third-order valence-corrected chi connectivity index (χ3v) is 5.87. The Labute approximate surface area is 174 Å². The van der Waals surface area contributed by atoms with Crippen LogP contribution in [-0.2, 0) is 4.79 Å². The molecular weight excluding hydrogens is 383 g/mol. The first-order valence-corrected chi connectivity index (χ1v) is 10.3. The van der Waals surface area contributed by atoms with Gasteiger partial charge in [0.15, 0.2) is 0 Å². The Bertz CT molecular complexity index is 1090. The smallest absolute Gasteiger partial charge is 0.255 e. The van der Waals surface area contributed by atoms with Gasteiger partial charge in [-0.25, -0.2) is 4.39 Å². The zero-order chi connectivity index (χ0) is 21.3. The third-order valence-electron chi connectivity index (χ3n) is 5.87. The molecule has 1 aromatic carbocycles. The second-order valence-corrected chi connectivity index (χ2v) is 7.84. The van der Waals surface area contributed by atoms with Crippen LogP contribution in [-0.4, -0.2) is 45.8 Å². The fourth-order valence-electron chi connectivity index (χ4n) is 4.11. The van der Waals surface area contributed by atoms with Gasteiger partial charge in [-0.15, -0.1) is 0 Å². The van der Waals surface area contributed by atoms with Crippen LogP contribution in [0.3, 0.4) is 0 Å². The van der Waals surface area contributed by atoms with Crippen molar-refractivity contribution in [3.05, 3.63) is 54.1 Å². The summed E-state index contributed by atoms with van der Waals surface area (Å²) in [5.41, 5.74) is 2.08. The summed E-state index contributed by atoms with van der Waals surface area (Å²) in [7, 11) is 1.72. The maximum atomic E-state index is 14.8. The molecule has 2 amide bonds. The minimum absolute atomic E-state index is 0.0124. The summed E-state index contributed by atoms with van der Waals surface area (Å²) in [6, 6.07) is 8.83. The minimum atomic E-state index is -0.524. The number of nitrogens with one attached hydrogen (secondary N) is 2. The third kappa shape index (κ3) is 3.92. The number of carbonyl (C=O) groups is 2. The number of aromatic amines is 1. The molecule has 0 spiro atoms. The lowest BCUT2D eigenvalue weighted by Crippen LogP contribution is -2.38. The molecule has 2 heterocycles. The van der Waals surface area contributed by atoms with Crippen LogP contribution < -0.4 is 5.32 Å². The first-order valence-electron chi connectivity index (χ1n) is 10.3. The monoisotopic (exact) mass is 408 g/mol. The van der Waals surface area contributed by atoms with E-state index in [9.17, 15) is 14.0 Å². The predicted molar refractivity (Wildman–Crippen MR) is 113 cm³/mol. The highest BCUT2D eigenvalue weighted by molar-refractivity contribution is 5.94. The lowest BCUT2D eigenvalue weighted by molar-refractivity contribution is -0.121. The number of halogens is 1. The number of pyridine rings is 1. The molecule has 2 aromatic heterocycles. The maximum absolute atomic E-state index is 14.8. The first-order chi connectivity index (χ1) is 14.5. The van der Waals surface area contributed by atoms with Gasteiger partial charge in [-0.2, -0.15) is 0 Å². The first kappa shape index (κ1) is 20.1. The van der Waals surface area contributed by atoms with Gasteiger partial charge in [0.25, 0.3) is 5.91 Å². The molecule has 4 rings (SSSR count). The van der Waals surface area contributed by atoms with Gasteiger partial charge in [0.2, 0.25) is 5.91 Å².